The molecule has 0 saturated carbocycles. The standard InChI is InChI=1S/C17H20BrN/c1-14(11-16-9-6-10-17(18)12-16)19(2)13-15-7-4-3-5-8-15/h3-10,12,14H,11,13H2,1-2H3. The molecule has 1 unspecified atom stereocenters. The second-order valence-corrected chi connectivity index (χ2v) is 6.00. The Labute approximate surface area is 124 Å². The Hall–Kier alpha value is -1.12. The lowest BCUT2D eigenvalue weighted by atomic mass is 10.1. The van der Waals surface area contributed by atoms with E-state index in [-0.39, 0.29) is 0 Å². The third-order valence-electron chi connectivity index (χ3n) is 3.45. The monoisotopic (exact) mass is 317 g/mol. The zero-order valence-corrected chi connectivity index (χ0v) is 13.1. The molecule has 1 atom stereocenters. The number of rotatable bonds is 5. The third-order valence-corrected chi connectivity index (χ3v) is 3.94. The maximum atomic E-state index is 3.53. The highest BCUT2D eigenvalue weighted by atomic mass is 79.9. The van der Waals surface area contributed by atoms with Crippen molar-refractivity contribution in [1.82, 2.24) is 4.90 Å². The van der Waals surface area contributed by atoms with Crippen LogP contribution in [-0.4, -0.2) is 18.0 Å². The van der Waals surface area contributed by atoms with Crippen LogP contribution in [0, 0.1) is 0 Å². The van der Waals surface area contributed by atoms with E-state index >= 15 is 0 Å². The van der Waals surface area contributed by atoms with Crippen LogP contribution in [0.25, 0.3) is 0 Å². The normalized spacial score (nSPS) is 12.6. The molecule has 19 heavy (non-hydrogen) atoms. The Morgan fingerprint density at radius 2 is 1.68 bits per heavy atom. The second kappa shape index (κ2) is 6.88. The van der Waals surface area contributed by atoms with Crippen LogP contribution < -0.4 is 0 Å². The van der Waals surface area contributed by atoms with E-state index in [2.05, 4.69) is 89.4 Å². The first-order valence-corrected chi connectivity index (χ1v) is 7.43. The van der Waals surface area contributed by atoms with Crippen LogP contribution in [0.4, 0.5) is 0 Å². The first-order valence-electron chi connectivity index (χ1n) is 6.64. The molecule has 0 bridgehead atoms. The van der Waals surface area contributed by atoms with Crippen LogP contribution in [0.2, 0.25) is 0 Å². The number of hydrogen-bond acceptors (Lipinski definition) is 1. The van der Waals surface area contributed by atoms with Crippen LogP contribution in [-0.2, 0) is 13.0 Å². The van der Waals surface area contributed by atoms with Crippen LogP contribution in [0.3, 0.4) is 0 Å². The molecule has 1 nitrogen and oxygen atoms in total. The van der Waals surface area contributed by atoms with Crippen LogP contribution in [0.5, 0.6) is 0 Å². The quantitative estimate of drug-likeness (QED) is 0.784. The van der Waals surface area contributed by atoms with E-state index < -0.39 is 0 Å². The molecule has 0 amide bonds. The van der Waals surface area contributed by atoms with Gasteiger partial charge in [-0.05, 0) is 43.7 Å². The van der Waals surface area contributed by atoms with Crippen LogP contribution in [0.1, 0.15) is 18.1 Å². The third kappa shape index (κ3) is 4.48. The zero-order chi connectivity index (χ0) is 13.7. The molecule has 0 N–H and O–H groups in total. The first-order chi connectivity index (χ1) is 9.15. The van der Waals surface area contributed by atoms with Gasteiger partial charge in [0.25, 0.3) is 0 Å². The molecule has 0 aromatic heterocycles. The van der Waals surface area contributed by atoms with Crippen molar-refractivity contribution >= 4 is 15.9 Å². The molecule has 0 aliphatic heterocycles. The summed E-state index contributed by atoms with van der Waals surface area (Å²) < 4.78 is 1.16. The molecule has 0 aliphatic carbocycles. The fourth-order valence-electron chi connectivity index (χ4n) is 2.19. The summed E-state index contributed by atoms with van der Waals surface area (Å²) in [7, 11) is 2.19. The SMILES string of the molecule is CC(Cc1cccc(Br)c1)N(C)Cc1ccccc1. The largest absolute Gasteiger partial charge is 0.299 e. The van der Waals surface area contributed by atoms with E-state index in [0.29, 0.717) is 6.04 Å². The summed E-state index contributed by atoms with van der Waals surface area (Å²) in [5.41, 5.74) is 2.74. The maximum absolute atomic E-state index is 3.53. The molecule has 0 saturated heterocycles. The lowest BCUT2D eigenvalue weighted by Crippen LogP contribution is -2.30. The molecule has 2 aromatic rings. The molecule has 2 aromatic carbocycles. The Balaban J connectivity index is 1.94. The summed E-state index contributed by atoms with van der Waals surface area (Å²) >= 11 is 3.53. The van der Waals surface area contributed by atoms with Gasteiger partial charge in [-0.1, -0.05) is 58.4 Å². The van der Waals surface area contributed by atoms with E-state index in [9.17, 15) is 0 Å². The lowest BCUT2D eigenvalue weighted by Gasteiger charge is -2.25. The van der Waals surface area contributed by atoms with Crippen molar-refractivity contribution in [2.75, 3.05) is 7.05 Å². The molecule has 0 heterocycles. The van der Waals surface area contributed by atoms with Crippen LogP contribution >= 0.6 is 15.9 Å². The van der Waals surface area contributed by atoms with Crippen molar-refractivity contribution in [2.45, 2.75) is 25.9 Å². The van der Waals surface area contributed by atoms with Gasteiger partial charge < -0.3 is 0 Å². The predicted octanol–water partition coefficient (Wildman–Crippen LogP) is 4.51. The van der Waals surface area contributed by atoms with Gasteiger partial charge in [0.15, 0.2) is 0 Å². The van der Waals surface area contributed by atoms with Gasteiger partial charge >= 0.3 is 0 Å². The van der Waals surface area contributed by atoms with Crippen molar-refractivity contribution in [3.8, 4) is 0 Å². The van der Waals surface area contributed by atoms with Crippen molar-refractivity contribution < 1.29 is 0 Å². The zero-order valence-electron chi connectivity index (χ0n) is 11.5. The summed E-state index contributed by atoms with van der Waals surface area (Å²) in [6.07, 6.45) is 1.07. The Bertz CT molecular complexity index is 510. The summed E-state index contributed by atoms with van der Waals surface area (Å²) in [5.74, 6) is 0. The van der Waals surface area contributed by atoms with Crippen molar-refractivity contribution in [2.24, 2.45) is 0 Å². The molecule has 100 valence electrons. The fraction of sp³-hybridized carbons (Fsp3) is 0.294. The van der Waals surface area contributed by atoms with Gasteiger partial charge in [0.2, 0.25) is 0 Å². The van der Waals surface area contributed by atoms with Gasteiger partial charge in [0, 0.05) is 17.1 Å². The molecule has 2 heteroatoms. The van der Waals surface area contributed by atoms with E-state index in [4.69, 9.17) is 0 Å². The first kappa shape index (κ1) is 14.3. The number of halogens is 1. The Morgan fingerprint density at radius 3 is 2.37 bits per heavy atom. The summed E-state index contributed by atoms with van der Waals surface area (Å²) in [5, 5.41) is 0. The van der Waals surface area contributed by atoms with E-state index in [1.165, 1.54) is 11.1 Å². The number of likely N-dealkylation sites (N-methyl/N-ethyl adjacent to an activating group) is 1. The topological polar surface area (TPSA) is 3.24 Å². The number of nitrogens with zero attached hydrogens (tertiary/aromatic N) is 1. The molecule has 0 aliphatic rings. The molecule has 0 spiro atoms. The Morgan fingerprint density at radius 1 is 1.00 bits per heavy atom. The average Bonchev–Trinajstić information content (AvgIpc) is 2.40. The summed E-state index contributed by atoms with van der Waals surface area (Å²) in [6, 6.07) is 19.7. The highest BCUT2D eigenvalue weighted by Crippen LogP contribution is 2.15. The van der Waals surface area contributed by atoms with E-state index in [1.807, 2.05) is 0 Å². The number of hydrogen-bond donors (Lipinski definition) is 0. The molecular formula is C17H20BrN. The van der Waals surface area contributed by atoms with Gasteiger partial charge in [-0.25, -0.2) is 0 Å². The molecule has 2 rings (SSSR count). The second-order valence-electron chi connectivity index (χ2n) is 5.08. The van der Waals surface area contributed by atoms with Crippen LogP contribution in [0.15, 0.2) is 59.1 Å². The van der Waals surface area contributed by atoms with Gasteiger partial charge in [-0.15, -0.1) is 0 Å². The highest BCUT2D eigenvalue weighted by molar-refractivity contribution is 9.10. The average molecular weight is 318 g/mol. The fourth-order valence-corrected chi connectivity index (χ4v) is 2.63. The molecular weight excluding hydrogens is 298 g/mol. The Kier molecular flexibility index (Phi) is 5.17. The predicted molar refractivity (Wildman–Crippen MR) is 85.2 cm³/mol. The highest BCUT2D eigenvalue weighted by Gasteiger charge is 2.10. The lowest BCUT2D eigenvalue weighted by molar-refractivity contribution is 0.248. The van der Waals surface area contributed by atoms with Crippen molar-refractivity contribution in [1.29, 1.82) is 0 Å². The maximum Gasteiger partial charge on any atom is 0.0233 e. The summed E-state index contributed by atoms with van der Waals surface area (Å²) in [6.45, 7) is 3.28. The molecule has 0 radical (unpaired) electrons. The van der Waals surface area contributed by atoms with Gasteiger partial charge in [-0.3, -0.25) is 4.90 Å². The number of benzene rings is 2. The van der Waals surface area contributed by atoms with Gasteiger partial charge in [-0.2, -0.15) is 0 Å². The van der Waals surface area contributed by atoms with Crippen molar-refractivity contribution in [3.05, 3.63) is 70.2 Å². The van der Waals surface area contributed by atoms with E-state index in [1.54, 1.807) is 0 Å². The minimum atomic E-state index is 0.523. The minimum Gasteiger partial charge on any atom is -0.299 e. The molecule has 0 fully saturated rings. The van der Waals surface area contributed by atoms with Crippen molar-refractivity contribution in [3.63, 3.8) is 0 Å². The van der Waals surface area contributed by atoms with Gasteiger partial charge in [0.05, 0.1) is 0 Å². The van der Waals surface area contributed by atoms with E-state index in [0.717, 1.165) is 17.4 Å². The summed E-state index contributed by atoms with van der Waals surface area (Å²) in [4.78, 5) is 2.40. The minimum absolute atomic E-state index is 0.523. The smallest absolute Gasteiger partial charge is 0.0233 e. The van der Waals surface area contributed by atoms with Gasteiger partial charge in [0.1, 0.15) is 0 Å².